The highest BCUT2D eigenvalue weighted by atomic mass is 15.3. The molecular weight excluding hydrogens is 310 g/mol. The summed E-state index contributed by atoms with van der Waals surface area (Å²) in [6.45, 7) is 11.9. The molecule has 2 aliphatic rings. The minimum atomic E-state index is 0.449. The lowest BCUT2D eigenvalue weighted by atomic mass is 9.88. The van der Waals surface area contributed by atoms with Crippen molar-refractivity contribution in [1.82, 2.24) is 19.5 Å². The molecular formula is C20H31N5. The van der Waals surface area contributed by atoms with Crippen LogP contribution in [0, 0.1) is 16.7 Å². The second-order valence-corrected chi connectivity index (χ2v) is 9.25. The molecule has 1 aliphatic carbocycles. The fourth-order valence-corrected chi connectivity index (χ4v) is 4.19. The highest BCUT2D eigenvalue weighted by Gasteiger charge is 2.54. The third-order valence-corrected chi connectivity index (χ3v) is 6.17. The summed E-state index contributed by atoms with van der Waals surface area (Å²) in [5.74, 6) is 1.77. The lowest BCUT2D eigenvalue weighted by Gasteiger charge is -2.34. The summed E-state index contributed by atoms with van der Waals surface area (Å²) in [4.78, 5) is 6.92. The standard InChI is InChI=1S/C20H31N5/c1-19(2,3)6-10-24-11-7-20(8-12-24)14-16(20)15-22-17-4-5-18-21-9-13-25(18)23-17/h4-5,9,13,16H,6-8,10-12,14-15H2,1-3H3,(H,22,23). The maximum Gasteiger partial charge on any atom is 0.153 e. The van der Waals surface area contributed by atoms with Crippen LogP contribution in [-0.2, 0) is 0 Å². The maximum atomic E-state index is 4.56. The molecule has 1 aliphatic heterocycles. The Morgan fingerprint density at radius 1 is 1.24 bits per heavy atom. The van der Waals surface area contributed by atoms with Gasteiger partial charge in [-0.25, -0.2) is 9.50 Å². The average Bonchev–Trinajstić information content (AvgIpc) is 3.02. The molecule has 5 nitrogen and oxygen atoms in total. The molecule has 0 radical (unpaired) electrons. The van der Waals surface area contributed by atoms with Gasteiger partial charge in [-0.2, -0.15) is 0 Å². The third kappa shape index (κ3) is 3.81. The normalized spacial score (nSPS) is 23.2. The second kappa shape index (κ2) is 6.27. The molecule has 25 heavy (non-hydrogen) atoms. The molecule has 2 aromatic rings. The number of hydrogen-bond acceptors (Lipinski definition) is 4. The Morgan fingerprint density at radius 3 is 2.80 bits per heavy atom. The molecule has 1 spiro atoms. The Bertz CT molecular complexity index is 721. The first-order valence-corrected chi connectivity index (χ1v) is 9.70. The third-order valence-electron chi connectivity index (χ3n) is 6.17. The van der Waals surface area contributed by atoms with Gasteiger partial charge in [-0.3, -0.25) is 0 Å². The van der Waals surface area contributed by atoms with E-state index in [1.165, 1.54) is 45.3 Å². The number of nitrogens with zero attached hydrogens (tertiary/aromatic N) is 4. The van der Waals surface area contributed by atoms with E-state index >= 15 is 0 Å². The summed E-state index contributed by atoms with van der Waals surface area (Å²) in [6.07, 6.45) is 9.12. The lowest BCUT2D eigenvalue weighted by Crippen LogP contribution is -2.37. The van der Waals surface area contributed by atoms with Crippen LogP contribution < -0.4 is 5.32 Å². The summed E-state index contributed by atoms with van der Waals surface area (Å²) in [7, 11) is 0. The molecule has 1 saturated heterocycles. The molecule has 2 aromatic heterocycles. The van der Waals surface area contributed by atoms with E-state index in [0.29, 0.717) is 10.8 Å². The van der Waals surface area contributed by atoms with E-state index in [1.54, 1.807) is 6.20 Å². The molecule has 3 heterocycles. The zero-order chi connectivity index (χ0) is 17.5. The minimum Gasteiger partial charge on any atom is -0.368 e. The zero-order valence-electron chi connectivity index (χ0n) is 15.8. The van der Waals surface area contributed by atoms with Gasteiger partial charge < -0.3 is 10.2 Å². The van der Waals surface area contributed by atoms with E-state index in [0.717, 1.165) is 23.9 Å². The number of imidazole rings is 1. The van der Waals surface area contributed by atoms with Gasteiger partial charge in [-0.05, 0) is 74.2 Å². The van der Waals surface area contributed by atoms with Crippen LogP contribution in [0.15, 0.2) is 24.5 Å². The van der Waals surface area contributed by atoms with Gasteiger partial charge >= 0.3 is 0 Å². The Morgan fingerprint density at radius 2 is 2.04 bits per heavy atom. The summed E-state index contributed by atoms with van der Waals surface area (Å²) in [6, 6.07) is 4.05. The van der Waals surface area contributed by atoms with E-state index in [2.05, 4.69) is 41.1 Å². The van der Waals surface area contributed by atoms with Crippen LogP contribution in [0.2, 0.25) is 0 Å². The molecule has 0 bridgehead atoms. The molecule has 1 unspecified atom stereocenters. The molecule has 1 saturated carbocycles. The van der Waals surface area contributed by atoms with Gasteiger partial charge in [0, 0.05) is 18.9 Å². The predicted molar refractivity (Wildman–Crippen MR) is 102 cm³/mol. The summed E-state index contributed by atoms with van der Waals surface area (Å²) in [5.41, 5.74) is 1.96. The maximum absolute atomic E-state index is 4.56. The number of anilines is 1. The minimum absolute atomic E-state index is 0.449. The fourth-order valence-electron chi connectivity index (χ4n) is 4.19. The Hall–Kier alpha value is -1.62. The Kier molecular flexibility index (Phi) is 4.22. The number of hydrogen-bond donors (Lipinski definition) is 1. The van der Waals surface area contributed by atoms with Gasteiger partial charge in [0.2, 0.25) is 0 Å². The number of aromatic nitrogens is 3. The number of rotatable bonds is 5. The first-order chi connectivity index (χ1) is 11.9. The van der Waals surface area contributed by atoms with Crippen LogP contribution in [0.25, 0.3) is 5.65 Å². The van der Waals surface area contributed by atoms with Crippen LogP contribution in [0.3, 0.4) is 0 Å². The van der Waals surface area contributed by atoms with Gasteiger partial charge in [-0.15, -0.1) is 5.10 Å². The van der Waals surface area contributed by atoms with E-state index in [9.17, 15) is 0 Å². The van der Waals surface area contributed by atoms with Crippen molar-refractivity contribution in [3.8, 4) is 0 Å². The van der Waals surface area contributed by atoms with Crippen molar-refractivity contribution in [2.45, 2.75) is 46.5 Å². The smallest absolute Gasteiger partial charge is 0.153 e. The first-order valence-electron chi connectivity index (χ1n) is 9.70. The number of nitrogens with one attached hydrogen (secondary N) is 1. The monoisotopic (exact) mass is 341 g/mol. The van der Waals surface area contributed by atoms with Gasteiger partial charge in [0.1, 0.15) is 5.82 Å². The second-order valence-electron chi connectivity index (χ2n) is 9.25. The summed E-state index contributed by atoms with van der Waals surface area (Å²) >= 11 is 0. The highest BCUT2D eigenvalue weighted by molar-refractivity contribution is 5.44. The predicted octanol–water partition coefficient (Wildman–Crippen LogP) is 3.68. The fraction of sp³-hybridized carbons (Fsp3) is 0.700. The van der Waals surface area contributed by atoms with Crippen LogP contribution >= 0.6 is 0 Å². The number of fused-ring (bicyclic) bond motifs is 1. The molecule has 0 amide bonds. The van der Waals surface area contributed by atoms with E-state index in [-0.39, 0.29) is 0 Å². The van der Waals surface area contributed by atoms with Gasteiger partial charge in [0.25, 0.3) is 0 Å². The van der Waals surface area contributed by atoms with Gasteiger partial charge in [-0.1, -0.05) is 20.8 Å². The quantitative estimate of drug-likeness (QED) is 0.901. The molecule has 2 fully saturated rings. The molecule has 1 N–H and O–H groups in total. The van der Waals surface area contributed by atoms with Crippen LogP contribution in [0.5, 0.6) is 0 Å². The summed E-state index contributed by atoms with van der Waals surface area (Å²) in [5, 5.41) is 8.11. The molecule has 136 valence electrons. The number of likely N-dealkylation sites (tertiary alicyclic amines) is 1. The molecule has 1 atom stereocenters. The average molecular weight is 342 g/mol. The molecule has 4 rings (SSSR count). The van der Waals surface area contributed by atoms with Crippen molar-refractivity contribution in [2.24, 2.45) is 16.7 Å². The lowest BCUT2D eigenvalue weighted by molar-refractivity contribution is 0.147. The van der Waals surface area contributed by atoms with Crippen molar-refractivity contribution in [3.05, 3.63) is 24.5 Å². The van der Waals surface area contributed by atoms with Crippen molar-refractivity contribution in [2.75, 3.05) is 31.5 Å². The van der Waals surface area contributed by atoms with Crippen molar-refractivity contribution < 1.29 is 0 Å². The number of piperidine rings is 1. The largest absolute Gasteiger partial charge is 0.368 e. The van der Waals surface area contributed by atoms with Gasteiger partial charge in [0.05, 0.1) is 0 Å². The van der Waals surface area contributed by atoms with Gasteiger partial charge in [0.15, 0.2) is 5.65 Å². The molecule has 5 heteroatoms. The molecule has 0 aromatic carbocycles. The zero-order valence-corrected chi connectivity index (χ0v) is 15.8. The topological polar surface area (TPSA) is 45.5 Å². The van der Waals surface area contributed by atoms with Crippen LogP contribution in [-0.4, -0.2) is 45.7 Å². The Balaban J connectivity index is 1.24. The van der Waals surface area contributed by atoms with Crippen LogP contribution in [0.4, 0.5) is 5.82 Å². The van der Waals surface area contributed by atoms with E-state index in [1.807, 2.05) is 22.8 Å². The highest BCUT2D eigenvalue weighted by Crippen LogP contribution is 2.59. The van der Waals surface area contributed by atoms with Crippen molar-refractivity contribution in [1.29, 1.82) is 0 Å². The SMILES string of the molecule is CC(C)(C)CCN1CCC2(CC1)CC2CNc1ccc2nccn2n1. The van der Waals surface area contributed by atoms with E-state index < -0.39 is 0 Å². The van der Waals surface area contributed by atoms with E-state index in [4.69, 9.17) is 0 Å². The van der Waals surface area contributed by atoms with Crippen molar-refractivity contribution in [3.63, 3.8) is 0 Å². The first kappa shape index (κ1) is 16.8. The van der Waals surface area contributed by atoms with Crippen LogP contribution in [0.1, 0.15) is 46.5 Å². The summed E-state index contributed by atoms with van der Waals surface area (Å²) < 4.78 is 1.83. The van der Waals surface area contributed by atoms with Crippen molar-refractivity contribution >= 4 is 11.5 Å². The Labute approximate surface area is 150 Å².